The van der Waals surface area contributed by atoms with E-state index in [1.807, 2.05) is 36.4 Å². The summed E-state index contributed by atoms with van der Waals surface area (Å²) in [5.41, 5.74) is 4.62. The van der Waals surface area contributed by atoms with E-state index >= 15 is 0 Å². The molecule has 0 spiro atoms. The SMILES string of the molecule is Cn1cc(S(=O)N(C2CC2)C2CCC3=Cc4c(cnn4-c4ccc(F)cc4)CC3(C(=O)c3ccc(C4CC4)cn3)C2)cn1. The van der Waals surface area contributed by atoms with Crippen LogP contribution in [0.25, 0.3) is 11.8 Å². The molecule has 220 valence electrons. The summed E-state index contributed by atoms with van der Waals surface area (Å²) in [7, 11) is 0.468. The highest BCUT2D eigenvalue weighted by Gasteiger charge is 2.52. The van der Waals surface area contributed by atoms with Gasteiger partial charge in [0.2, 0.25) is 0 Å². The summed E-state index contributed by atoms with van der Waals surface area (Å²) >= 11 is 0. The monoisotopic (exact) mass is 596 g/mol. The molecule has 1 aromatic carbocycles. The van der Waals surface area contributed by atoms with Crippen LogP contribution in [0, 0.1) is 11.2 Å². The van der Waals surface area contributed by atoms with E-state index in [0.717, 1.165) is 41.8 Å². The molecule has 10 heteroatoms. The van der Waals surface area contributed by atoms with E-state index in [0.29, 0.717) is 35.8 Å². The number of aromatic nitrogens is 5. The van der Waals surface area contributed by atoms with E-state index < -0.39 is 16.4 Å². The lowest BCUT2D eigenvalue weighted by atomic mass is 9.60. The Balaban J connectivity index is 1.19. The fourth-order valence-electron chi connectivity index (χ4n) is 7.04. The lowest BCUT2D eigenvalue weighted by Gasteiger charge is -2.46. The third kappa shape index (κ3) is 4.71. The summed E-state index contributed by atoms with van der Waals surface area (Å²) in [6.45, 7) is 0. The number of aryl methyl sites for hydroxylation is 1. The van der Waals surface area contributed by atoms with Crippen molar-refractivity contribution in [3.05, 3.63) is 95.1 Å². The van der Waals surface area contributed by atoms with Gasteiger partial charge in [-0.3, -0.25) is 14.5 Å². The number of rotatable bonds is 8. The minimum Gasteiger partial charge on any atom is -0.291 e. The van der Waals surface area contributed by atoms with Crippen LogP contribution in [0.3, 0.4) is 0 Å². The number of carbonyl (C=O) groups is 1. The molecule has 3 unspecified atom stereocenters. The van der Waals surface area contributed by atoms with Crippen molar-refractivity contribution in [3.8, 4) is 5.69 Å². The van der Waals surface area contributed by atoms with E-state index in [-0.39, 0.29) is 23.7 Å². The van der Waals surface area contributed by atoms with Gasteiger partial charge in [-0.2, -0.15) is 10.2 Å². The van der Waals surface area contributed by atoms with Gasteiger partial charge in [0.05, 0.1) is 34.1 Å². The molecule has 8 rings (SSSR count). The number of allylic oxidation sites excluding steroid dienone is 1. The predicted octanol–water partition coefficient (Wildman–Crippen LogP) is 5.57. The fraction of sp³-hybridized carbons (Fsp3) is 0.394. The Morgan fingerprint density at radius 2 is 1.81 bits per heavy atom. The third-order valence-corrected chi connectivity index (χ3v) is 11.1. The summed E-state index contributed by atoms with van der Waals surface area (Å²) in [5, 5.41) is 8.94. The average Bonchev–Trinajstić information content (AvgIpc) is 3.96. The second-order valence-corrected chi connectivity index (χ2v) is 13.9. The third-order valence-electron chi connectivity index (χ3n) is 9.55. The largest absolute Gasteiger partial charge is 0.291 e. The Morgan fingerprint density at radius 1 is 1.00 bits per heavy atom. The van der Waals surface area contributed by atoms with Crippen molar-refractivity contribution in [2.24, 2.45) is 12.5 Å². The zero-order chi connectivity index (χ0) is 29.3. The normalized spacial score (nSPS) is 23.9. The van der Waals surface area contributed by atoms with Gasteiger partial charge in [-0.05, 0) is 105 Å². The zero-order valence-corrected chi connectivity index (χ0v) is 24.8. The highest BCUT2D eigenvalue weighted by atomic mass is 32.2. The number of hydrogen-bond acceptors (Lipinski definition) is 5. The molecular formula is C33H33FN6O2S. The van der Waals surface area contributed by atoms with Gasteiger partial charge >= 0.3 is 0 Å². The van der Waals surface area contributed by atoms with E-state index in [1.165, 1.54) is 30.5 Å². The Labute approximate surface area is 252 Å². The quantitative estimate of drug-likeness (QED) is 0.249. The minimum absolute atomic E-state index is 0.0221. The van der Waals surface area contributed by atoms with Crippen LogP contribution in [-0.4, -0.2) is 50.9 Å². The van der Waals surface area contributed by atoms with Crippen molar-refractivity contribution in [2.45, 2.75) is 74.3 Å². The number of Topliss-reactive ketones (excluding diaryl/α,β-unsaturated/α-hetero) is 1. The molecule has 4 aromatic rings. The zero-order valence-electron chi connectivity index (χ0n) is 24.0. The summed E-state index contributed by atoms with van der Waals surface area (Å²) in [6, 6.07) is 10.5. The molecule has 4 aliphatic rings. The first-order valence-electron chi connectivity index (χ1n) is 15.1. The van der Waals surface area contributed by atoms with E-state index in [9.17, 15) is 13.4 Å². The van der Waals surface area contributed by atoms with Gasteiger partial charge in [-0.1, -0.05) is 11.6 Å². The Hall–Kier alpha value is -3.76. The van der Waals surface area contributed by atoms with Crippen molar-refractivity contribution in [1.82, 2.24) is 28.9 Å². The molecular weight excluding hydrogens is 563 g/mol. The van der Waals surface area contributed by atoms with Gasteiger partial charge in [0, 0.05) is 31.5 Å². The van der Waals surface area contributed by atoms with Crippen LogP contribution in [0.15, 0.2) is 71.7 Å². The molecule has 0 aliphatic heterocycles. The molecule has 0 radical (unpaired) electrons. The topological polar surface area (TPSA) is 85.9 Å². The molecule has 0 amide bonds. The molecule has 4 aliphatic carbocycles. The highest BCUT2D eigenvalue weighted by Crippen LogP contribution is 2.52. The average molecular weight is 597 g/mol. The van der Waals surface area contributed by atoms with Crippen molar-refractivity contribution in [1.29, 1.82) is 0 Å². The van der Waals surface area contributed by atoms with Crippen LogP contribution in [0.1, 0.15) is 78.2 Å². The number of halogens is 1. The van der Waals surface area contributed by atoms with Gasteiger partial charge in [0.1, 0.15) is 22.5 Å². The number of carbonyl (C=O) groups excluding carboxylic acids is 1. The lowest BCUT2D eigenvalue weighted by Crippen LogP contribution is -2.50. The summed E-state index contributed by atoms with van der Waals surface area (Å²) in [4.78, 5) is 20.1. The highest BCUT2D eigenvalue weighted by molar-refractivity contribution is 7.82. The first-order valence-corrected chi connectivity index (χ1v) is 16.2. The van der Waals surface area contributed by atoms with Gasteiger partial charge in [-0.15, -0.1) is 0 Å². The Morgan fingerprint density at radius 3 is 2.49 bits per heavy atom. The maximum absolute atomic E-state index is 14.7. The second kappa shape index (κ2) is 10.2. The number of nitrogens with zero attached hydrogens (tertiary/aromatic N) is 6. The Bertz CT molecular complexity index is 1770. The van der Waals surface area contributed by atoms with E-state index in [4.69, 9.17) is 4.98 Å². The standard InChI is InChI=1S/C33H33FN6O2S/c1-38-20-29(19-36-38)43(42)40(27-11-12-27)28-8-5-24-14-31-23(18-37-39(31)26-9-6-25(34)7-10-26)15-33(24,16-28)32(41)30-13-4-22(17-35-30)21-2-3-21/h4,6-7,9-10,13-14,17-21,27-28H,2-3,5,8,11-12,15-16H2,1H3. The molecule has 3 saturated carbocycles. The van der Waals surface area contributed by atoms with Crippen LogP contribution in [0.4, 0.5) is 4.39 Å². The molecule has 3 fully saturated rings. The number of fused-ring (bicyclic) bond motifs is 2. The molecule has 0 saturated heterocycles. The van der Waals surface area contributed by atoms with Crippen molar-refractivity contribution >= 4 is 22.8 Å². The predicted molar refractivity (Wildman–Crippen MR) is 160 cm³/mol. The first-order chi connectivity index (χ1) is 20.9. The molecule has 3 atom stereocenters. The number of hydrogen-bond donors (Lipinski definition) is 0. The van der Waals surface area contributed by atoms with E-state index in [2.05, 4.69) is 26.6 Å². The smallest absolute Gasteiger partial charge is 0.191 e. The molecule has 3 aromatic heterocycles. The fourth-order valence-corrected chi connectivity index (χ4v) is 8.60. The second-order valence-electron chi connectivity index (χ2n) is 12.5. The Kier molecular flexibility index (Phi) is 6.34. The molecule has 0 bridgehead atoms. The van der Waals surface area contributed by atoms with Crippen molar-refractivity contribution < 1.29 is 13.4 Å². The van der Waals surface area contributed by atoms with Crippen LogP contribution >= 0.6 is 0 Å². The van der Waals surface area contributed by atoms with Crippen LogP contribution in [-0.2, 0) is 24.5 Å². The molecule has 43 heavy (non-hydrogen) atoms. The maximum Gasteiger partial charge on any atom is 0.191 e. The summed E-state index contributed by atoms with van der Waals surface area (Å²) in [6.07, 6.45) is 16.3. The van der Waals surface area contributed by atoms with Crippen LogP contribution < -0.4 is 0 Å². The number of pyridine rings is 1. The molecule has 3 heterocycles. The lowest BCUT2D eigenvalue weighted by molar-refractivity contribution is 0.0737. The summed E-state index contributed by atoms with van der Waals surface area (Å²) in [5.74, 6) is 0.289. The van der Waals surface area contributed by atoms with Crippen LogP contribution in [0.5, 0.6) is 0 Å². The number of benzene rings is 1. The van der Waals surface area contributed by atoms with E-state index in [1.54, 1.807) is 23.0 Å². The van der Waals surface area contributed by atoms with Gasteiger partial charge in [-0.25, -0.2) is 17.6 Å². The van der Waals surface area contributed by atoms with Gasteiger partial charge < -0.3 is 0 Å². The number of ketones is 1. The molecule has 0 N–H and O–H groups in total. The molecule has 8 nitrogen and oxygen atoms in total. The van der Waals surface area contributed by atoms with Gasteiger partial charge in [0.15, 0.2) is 5.78 Å². The van der Waals surface area contributed by atoms with Crippen LogP contribution in [0.2, 0.25) is 0 Å². The first kappa shape index (κ1) is 26.8. The van der Waals surface area contributed by atoms with Gasteiger partial charge in [0.25, 0.3) is 0 Å². The minimum atomic E-state index is -1.37. The maximum atomic E-state index is 14.7. The van der Waals surface area contributed by atoms with Crippen molar-refractivity contribution in [2.75, 3.05) is 0 Å². The van der Waals surface area contributed by atoms with Crippen molar-refractivity contribution in [3.63, 3.8) is 0 Å². The summed E-state index contributed by atoms with van der Waals surface area (Å²) < 4.78 is 33.3.